The fraction of sp³-hybridized carbons (Fsp3) is 0.412. The van der Waals surface area contributed by atoms with E-state index in [0.717, 1.165) is 5.57 Å². The Morgan fingerprint density at radius 1 is 1.09 bits per heavy atom. The molecule has 45 heavy (non-hydrogen) atoms. The smallest absolute Gasteiger partial charge is 0.359 e. The number of hydrogen-bond donors (Lipinski definition) is 3. The van der Waals surface area contributed by atoms with Gasteiger partial charge in [0.2, 0.25) is 17.7 Å². The number of likely N-dealkylation sites (N-methyl/N-ethyl adjacent to an activating group) is 1. The number of halogens is 1. The number of rotatable bonds is 4. The molecular weight excluding hydrogens is 642 g/mol. The number of nitrogens with zero attached hydrogens (tertiary/aromatic N) is 1. The van der Waals surface area contributed by atoms with Crippen molar-refractivity contribution in [3.05, 3.63) is 81.5 Å². The van der Waals surface area contributed by atoms with Crippen molar-refractivity contribution in [3.8, 4) is 5.75 Å². The zero-order valence-corrected chi connectivity index (χ0v) is 28.0. The minimum Gasteiger partial charge on any atom is -0.507 e. The van der Waals surface area contributed by atoms with E-state index in [2.05, 4.69) is 32.6 Å². The summed E-state index contributed by atoms with van der Waals surface area (Å²) < 4.78 is 11.9. The number of aromatic hydroxyl groups is 1. The zero-order chi connectivity index (χ0) is 33.1. The highest BCUT2D eigenvalue weighted by molar-refractivity contribution is 9.10. The van der Waals surface area contributed by atoms with Crippen LogP contribution in [0.2, 0.25) is 0 Å². The van der Waals surface area contributed by atoms with E-state index in [1.807, 2.05) is 13.0 Å². The number of allylic oxidation sites excluding steroid dienone is 2. The van der Waals surface area contributed by atoms with E-state index in [1.165, 1.54) is 25.1 Å². The van der Waals surface area contributed by atoms with E-state index in [-0.39, 0.29) is 36.0 Å². The molecule has 3 unspecified atom stereocenters. The number of phenolic OH excluding ortho intramolecular Hbond substituents is 1. The summed E-state index contributed by atoms with van der Waals surface area (Å²) in [7, 11) is 2.87. The summed E-state index contributed by atoms with van der Waals surface area (Å²) in [4.78, 5) is 55.3. The maximum Gasteiger partial charge on any atom is 0.359 e. The predicted octanol–water partition coefficient (Wildman–Crippen LogP) is 5.00. The molecule has 1 heterocycles. The van der Waals surface area contributed by atoms with Crippen molar-refractivity contribution in [1.82, 2.24) is 15.5 Å². The molecule has 1 aliphatic rings. The maximum absolute atomic E-state index is 14.1. The van der Waals surface area contributed by atoms with E-state index in [4.69, 9.17) is 9.47 Å². The molecule has 3 amide bonds. The average molecular weight is 685 g/mol. The van der Waals surface area contributed by atoms with Crippen LogP contribution in [-0.4, -0.2) is 66.0 Å². The van der Waals surface area contributed by atoms with Crippen molar-refractivity contribution in [1.29, 1.82) is 0 Å². The molecule has 0 radical (unpaired) electrons. The minimum atomic E-state index is -1.13. The Morgan fingerprint density at radius 3 is 2.47 bits per heavy atom. The molecule has 0 saturated carbocycles. The molecule has 1 aliphatic heterocycles. The lowest BCUT2D eigenvalue weighted by molar-refractivity contribution is -0.146. The summed E-state index contributed by atoms with van der Waals surface area (Å²) in [6.07, 6.45) is 4.40. The van der Waals surface area contributed by atoms with Gasteiger partial charge in [-0.25, -0.2) is 4.79 Å². The number of ether oxygens (including phenoxy) is 2. The number of esters is 1. The third kappa shape index (κ3) is 10.2. The standard InChI is InChI=1S/C34H42BrN3O7/c1-21-11-9-10-14-29(40)36-23(3)33(42)38(4)27(20-24-17-18-28(39)26(35)19-24)32(41)37-30(34(43)45-22(2)16-15-21)31(44-5)25-12-7-6-8-13-25/h6-8,11-13,17-19,22-23,27,39H,9-10,14-16,20H2,1-5H3,(H,36,40)(H,37,41)/b21-11+,31-30?. The van der Waals surface area contributed by atoms with Gasteiger partial charge in [-0.15, -0.1) is 0 Å². The fourth-order valence-electron chi connectivity index (χ4n) is 4.95. The van der Waals surface area contributed by atoms with Gasteiger partial charge in [0.05, 0.1) is 17.7 Å². The summed E-state index contributed by atoms with van der Waals surface area (Å²) in [5.41, 5.74) is 2.08. The molecular formula is C34H42BrN3O7. The topological polar surface area (TPSA) is 134 Å². The van der Waals surface area contributed by atoms with Gasteiger partial charge in [0, 0.05) is 25.5 Å². The number of carbonyl (C=O) groups excluding carboxylic acids is 4. The molecule has 3 N–H and O–H groups in total. The second kappa shape index (κ2) is 16.8. The molecule has 0 spiro atoms. The van der Waals surface area contributed by atoms with Crippen LogP contribution in [0.5, 0.6) is 5.75 Å². The molecule has 10 nitrogen and oxygen atoms in total. The molecule has 242 valence electrons. The van der Waals surface area contributed by atoms with Gasteiger partial charge < -0.3 is 30.1 Å². The number of hydrogen-bond acceptors (Lipinski definition) is 7. The third-order valence-electron chi connectivity index (χ3n) is 7.58. The minimum absolute atomic E-state index is 0.0181. The fourth-order valence-corrected chi connectivity index (χ4v) is 5.37. The van der Waals surface area contributed by atoms with Crippen LogP contribution in [-0.2, 0) is 35.1 Å². The number of methoxy groups -OCH3 is 1. The number of carbonyl (C=O) groups is 4. The molecule has 11 heteroatoms. The van der Waals surface area contributed by atoms with Crippen molar-refractivity contribution >= 4 is 45.4 Å². The normalized spacial score (nSPS) is 23.7. The quantitative estimate of drug-likeness (QED) is 0.179. The first-order valence-electron chi connectivity index (χ1n) is 15.0. The molecule has 0 saturated heterocycles. The van der Waals surface area contributed by atoms with Crippen LogP contribution in [0.3, 0.4) is 0 Å². The molecule has 0 aliphatic carbocycles. The predicted molar refractivity (Wildman–Crippen MR) is 175 cm³/mol. The monoisotopic (exact) mass is 683 g/mol. The van der Waals surface area contributed by atoms with E-state index in [9.17, 15) is 24.3 Å². The summed E-state index contributed by atoms with van der Waals surface area (Å²) in [6.45, 7) is 5.34. The van der Waals surface area contributed by atoms with Gasteiger partial charge in [-0.05, 0) is 80.1 Å². The number of nitrogens with one attached hydrogen (secondary N) is 2. The van der Waals surface area contributed by atoms with Crippen molar-refractivity contribution in [2.75, 3.05) is 14.2 Å². The van der Waals surface area contributed by atoms with Gasteiger partial charge in [0.15, 0.2) is 11.5 Å². The van der Waals surface area contributed by atoms with Crippen LogP contribution >= 0.6 is 15.9 Å². The van der Waals surface area contributed by atoms with Crippen LogP contribution < -0.4 is 10.6 Å². The van der Waals surface area contributed by atoms with Gasteiger partial charge in [0.25, 0.3) is 0 Å². The first kappa shape index (κ1) is 35.4. The Balaban J connectivity index is 2.09. The second-order valence-electron chi connectivity index (χ2n) is 11.2. The Bertz CT molecular complexity index is 1440. The van der Waals surface area contributed by atoms with Crippen molar-refractivity contribution < 1.29 is 33.8 Å². The Morgan fingerprint density at radius 2 is 1.80 bits per heavy atom. The van der Waals surface area contributed by atoms with E-state index in [0.29, 0.717) is 41.3 Å². The first-order valence-corrected chi connectivity index (χ1v) is 15.7. The Kier molecular flexibility index (Phi) is 13.2. The van der Waals surface area contributed by atoms with Crippen LogP contribution in [0.4, 0.5) is 0 Å². The molecule has 2 aromatic carbocycles. The lowest BCUT2D eigenvalue weighted by Crippen LogP contribution is -2.54. The average Bonchev–Trinajstić information content (AvgIpc) is 3.01. The Labute approximate surface area is 273 Å². The molecule has 3 rings (SSSR count). The largest absolute Gasteiger partial charge is 0.507 e. The molecule has 2 aromatic rings. The zero-order valence-electron chi connectivity index (χ0n) is 26.4. The highest BCUT2D eigenvalue weighted by Crippen LogP contribution is 2.26. The summed E-state index contributed by atoms with van der Waals surface area (Å²) in [6, 6.07) is 11.6. The van der Waals surface area contributed by atoms with Crippen LogP contribution in [0.15, 0.2) is 70.3 Å². The highest BCUT2D eigenvalue weighted by Gasteiger charge is 2.33. The van der Waals surface area contributed by atoms with E-state index >= 15 is 0 Å². The second-order valence-corrected chi connectivity index (χ2v) is 12.1. The van der Waals surface area contributed by atoms with Crippen molar-refractivity contribution in [3.63, 3.8) is 0 Å². The number of phenols is 1. The van der Waals surface area contributed by atoms with Crippen molar-refractivity contribution in [2.45, 2.75) is 77.5 Å². The number of amides is 3. The van der Waals surface area contributed by atoms with E-state index < -0.39 is 36.0 Å². The summed E-state index contributed by atoms with van der Waals surface area (Å²) in [5.74, 6) is -2.09. The highest BCUT2D eigenvalue weighted by atomic mass is 79.9. The van der Waals surface area contributed by atoms with Gasteiger partial charge in [0.1, 0.15) is 17.8 Å². The number of benzene rings is 2. The summed E-state index contributed by atoms with van der Waals surface area (Å²) >= 11 is 3.30. The lowest BCUT2D eigenvalue weighted by atomic mass is 10.0. The molecule has 0 bridgehead atoms. The number of cyclic esters (lactones) is 1. The van der Waals surface area contributed by atoms with Gasteiger partial charge in [-0.3, -0.25) is 14.4 Å². The van der Waals surface area contributed by atoms with Gasteiger partial charge in [-0.1, -0.05) is 48.0 Å². The SMILES string of the molecule is COC(=C1NC(=O)C(Cc2ccc(O)c(Br)c2)N(C)C(=O)C(C)NC(=O)CCC/C=C(\C)CCC(C)OC1=O)c1ccccc1. The maximum atomic E-state index is 14.1. The van der Waals surface area contributed by atoms with Crippen LogP contribution in [0.25, 0.3) is 5.76 Å². The van der Waals surface area contributed by atoms with E-state index in [1.54, 1.807) is 50.2 Å². The molecule has 0 aromatic heterocycles. The molecule has 3 atom stereocenters. The van der Waals surface area contributed by atoms with Crippen molar-refractivity contribution in [2.24, 2.45) is 0 Å². The van der Waals surface area contributed by atoms with Gasteiger partial charge >= 0.3 is 5.97 Å². The van der Waals surface area contributed by atoms with Crippen LogP contribution in [0, 0.1) is 0 Å². The summed E-state index contributed by atoms with van der Waals surface area (Å²) in [5, 5.41) is 15.5. The first-order chi connectivity index (χ1) is 21.4. The van der Waals surface area contributed by atoms with Gasteiger partial charge in [-0.2, -0.15) is 0 Å². The van der Waals surface area contributed by atoms with Crippen LogP contribution in [0.1, 0.15) is 64.0 Å². The lowest BCUT2D eigenvalue weighted by Gasteiger charge is -2.30. The molecule has 0 fully saturated rings. The third-order valence-corrected chi connectivity index (χ3v) is 8.22. The Hall–Kier alpha value is -4.12.